The molecule has 2 atom stereocenters. The molecular weight excluding hydrogens is 195 g/mol. The predicted octanol–water partition coefficient (Wildman–Crippen LogP) is 1.21. The Morgan fingerprint density at radius 3 is 2.54 bits per heavy atom. The van der Waals surface area contributed by atoms with Crippen LogP contribution in [-0.4, -0.2) is 30.2 Å². The lowest BCUT2D eigenvalue weighted by Crippen LogP contribution is -2.21. The molecular formula is C7H15O5P. The first-order valence-corrected chi connectivity index (χ1v) is 5.20. The molecule has 1 N–H and O–H groups in total. The fourth-order valence-electron chi connectivity index (χ4n) is 0.579. The third-order valence-corrected chi connectivity index (χ3v) is 2.08. The second-order valence-corrected chi connectivity index (χ2v) is 3.10. The molecule has 0 rings (SSSR count). The van der Waals surface area contributed by atoms with Crippen LogP contribution >= 0.6 is 8.60 Å². The van der Waals surface area contributed by atoms with Gasteiger partial charge in [0.1, 0.15) is 0 Å². The van der Waals surface area contributed by atoms with E-state index < -0.39 is 20.7 Å². The molecule has 78 valence electrons. The fraction of sp³-hybridized carbons (Fsp3) is 0.857. The quantitative estimate of drug-likeness (QED) is 0.527. The number of rotatable bonds is 6. The summed E-state index contributed by atoms with van der Waals surface area (Å²) in [5.74, 6) is -0.497. The lowest BCUT2D eigenvalue weighted by molar-refractivity contribution is -0.150. The summed E-state index contributed by atoms with van der Waals surface area (Å²) in [6, 6.07) is 0. The minimum absolute atomic E-state index is 0.296. The highest BCUT2D eigenvalue weighted by Gasteiger charge is 2.19. The van der Waals surface area contributed by atoms with Crippen molar-refractivity contribution in [3.8, 4) is 0 Å². The molecule has 0 radical (unpaired) electrons. The number of carbonyl (C=O) groups is 1. The highest BCUT2D eigenvalue weighted by atomic mass is 31.2. The highest BCUT2D eigenvalue weighted by molar-refractivity contribution is 7.40. The van der Waals surface area contributed by atoms with Gasteiger partial charge in [-0.05, 0) is 20.8 Å². The largest absolute Gasteiger partial charge is 0.464 e. The Balaban J connectivity index is 3.71. The summed E-state index contributed by atoms with van der Waals surface area (Å²) < 4.78 is 14.2. The van der Waals surface area contributed by atoms with Gasteiger partial charge >= 0.3 is 14.6 Å². The number of carbonyl (C=O) groups excluding carboxylic acids is 1. The Bertz CT molecular complexity index is 152. The first-order chi connectivity index (χ1) is 6.11. The van der Waals surface area contributed by atoms with Crippen molar-refractivity contribution in [1.29, 1.82) is 0 Å². The van der Waals surface area contributed by atoms with E-state index in [9.17, 15) is 4.79 Å². The fourth-order valence-corrected chi connectivity index (χ4v) is 1.22. The van der Waals surface area contributed by atoms with Crippen LogP contribution in [0.25, 0.3) is 0 Å². The van der Waals surface area contributed by atoms with Gasteiger partial charge in [-0.3, -0.25) is 4.52 Å². The van der Waals surface area contributed by atoms with Gasteiger partial charge in [0.05, 0.1) is 13.2 Å². The number of hydrogen-bond acceptors (Lipinski definition) is 5. The van der Waals surface area contributed by atoms with Gasteiger partial charge in [-0.1, -0.05) is 0 Å². The van der Waals surface area contributed by atoms with Crippen LogP contribution in [0.2, 0.25) is 0 Å². The smallest absolute Gasteiger partial charge is 0.335 e. The second-order valence-electron chi connectivity index (χ2n) is 2.16. The van der Waals surface area contributed by atoms with Gasteiger partial charge in [0.25, 0.3) is 0 Å². The standard InChI is InChI=1S/C7H15O5P/c1-4-10-7(8)6(3)12-13(9)11-5-2/h6,9H,4-5H2,1-3H3. The van der Waals surface area contributed by atoms with Crippen molar-refractivity contribution < 1.29 is 23.5 Å². The molecule has 0 amide bonds. The van der Waals surface area contributed by atoms with Gasteiger partial charge in [-0.2, -0.15) is 0 Å². The van der Waals surface area contributed by atoms with Crippen LogP contribution in [0.4, 0.5) is 0 Å². The van der Waals surface area contributed by atoms with Crippen LogP contribution in [0.5, 0.6) is 0 Å². The molecule has 5 nitrogen and oxygen atoms in total. The van der Waals surface area contributed by atoms with Gasteiger partial charge in [-0.25, -0.2) is 4.79 Å². The Labute approximate surface area is 79.0 Å². The second kappa shape index (κ2) is 7.21. The van der Waals surface area contributed by atoms with E-state index in [1.165, 1.54) is 6.92 Å². The third kappa shape index (κ3) is 5.93. The number of hydrogen-bond donors (Lipinski definition) is 1. The summed E-state index contributed by atoms with van der Waals surface area (Å²) in [4.78, 5) is 20.0. The van der Waals surface area contributed by atoms with Gasteiger partial charge in [-0.15, -0.1) is 0 Å². The number of esters is 1. The van der Waals surface area contributed by atoms with Crippen molar-refractivity contribution >= 4 is 14.6 Å². The highest BCUT2D eigenvalue weighted by Crippen LogP contribution is 2.34. The molecule has 0 fully saturated rings. The molecule has 0 heterocycles. The van der Waals surface area contributed by atoms with Crippen molar-refractivity contribution in [3.63, 3.8) is 0 Å². The average Bonchev–Trinajstić information content (AvgIpc) is 2.05. The molecule has 0 aliphatic heterocycles. The Morgan fingerprint density at radius 1 is 1.46 bits per heavy atom. The van der Waals surface area contributed by atoms with Crippen molar-refractivity contribution in [2.24, 2.45) is 0 Å². The minimum atomic E-state index is -1.96. The summed E-state index contributed by atoms with van der Waals surface area (Å²) in [5.41, 5.74) is 0. The average molecular weight is 210 g/mol. The molecule has 2 unspecified atom stereocenters. The molecule has 0 aromatic carbocycles. The van der Waals surface area contributed by atoms with Crippen LogP contribution in [0.3, 0.4) is 0 Å². The topological polar surface area (TPSA) is 65.0 Å². The summed E-state index contributed by atoms with van der Waals surface area (Å²) in [5, 5.41) is 0. The molecule has 6 heteroatoms. The van der Waals surface area contributed by atoms with Gasteiger partial charge in [0, 0.05) is 0 Å². The molecule has 0 bridgehead atoms. The van der Waals surface area contributed by atoms with Gasteiger partial charge in [0.2, 0.25) is 0 Å². The van der Waals surface area contributed by atoms with Crippen molar-refractivity contribution in [3.05, 3.63) is 0 Å². The van der Waals surface area contributed by atoms with E-state index >= 15 is 0 Å². The normalized spacial score (nSPS) is 15.1. The van der Waals surface area contributed by atoms with Gasteiger partial charge in [0.15, 0.2) is 6.10 Å². The van der Waals surface area contributed by atoms with E-state index in [-0.39, 0.29) is 0 Å². The maximum atomic E-state index is 11.0. The van der Waals surface area contributed by atoms with Gasteiger partial charge < -0.3 is 14.2 Å². The van der Waals surface area contributed by atoms with Crippen LogP contribution in [0.15, 0.2) is 0 Å². The molecule has 13 heavy (non-hydrogen) atoms. The van der Waals surface area contributed by atoms with E-state index in [2.05, 4.69) is 4.74 Å². The summed E-state index contributed by atoms with van der Waals surface area (Å²) in [6.45, 7) is 5.57. The van der Waals surface area contributed by atoms with Crippen LogP contribution < -0.4 is 0 Å². The molecule has 0 spiro atoms. The predicted molar refractivity (Wildman–Crippen MR) is 47.9 cm³/mol. The maximum absolute atomic E-state index is 11.0. The Hall–Kier alpha value is -0.220. The summed E-state index contributed by atoms with van der Waals surface area (Å²) >= 11 is 0. The van der Waals surface area contributed by atoms with E-state index in [1.807, 2.05) is 0 Å². The van der Waals surface area contributed by atoms with Crippen molar-refractivity contribution in [2.45, 2.75) is 26.9 Å². The van der Waals surface area contributed by atoms with Crippen molar-refractivity contribution in [1.82, 2.24) is 0 Å². The molecule has 0 saturated carbocycles. The summed E-state index contributed by atoms with van der Waals surface area (Å²) in [6.07, 6.45) is -0.789. The first-order valence-electron chi connectivity index (χ1n) is 4.07. The number of ether oxygens (including phenoxy) is 1. The molecule has 0 aromatic rings. The zero-order valence-electron chi connectivity index (χ0n) is 8.02. The van der Waals surface area contributed by atoms with Crippen LogP contribution in [-0.2, 0) is 18.6 Å². The summed E-state index contributed by atoms with van der Waals surface area (Å²) in [7, 11) is -1.96. The Kier molecular flexibility index (Phi) is 7.09. The molecule has 0 aliphatic carbocycles. The SMILES string of the molecule is CCOC(=O)C(C)OP(O)OCC. The lowest BCUT2D eigenvalue weighted by atomic mass is 10.4. The van der Waals surface area contributed by atoms with E-state index in [0.717, 1.165) is 0 Å². The lowest BCUT2D eigenvalue weighted by Gasteiger charge is -2.14. The van der Waals surface area contributed by atoms with Crippen molar-refractivity contribution in [2.75, 3.05) is 13.2 Å². The molecule has 0 aliphatic rings. The molecule has 0 saturated heterocycles. The third-order valence-electron chi connectivity index (χ3n) is 1.11. The zero-order valence-corrected chi connectivity index (χ0v) is 8.91. The van der Waals surface area contributed by atoms with E-state index in [1.54, 1.807) is 13.8 Å². The zero-order chi connectivity index (χ0) is 10.3. The monoisotopic (exact) mass is 210 g/mol. The van der Waals surface area contributed by atoms with Crippen LogP contribution in [0.1, 0.15) is 20.8 Å². The van der Waals surface area contributed by atoms with E-state index in [4.69, 9.17) is 13.9 Å². The first kappa shape index (κ1) is 12.8. The minimum Gasteiger partial charge on any atom is -0.464 e. The Morgan fingerprint density at radius 2 is 2.08 bits per heavy atom. The molecule has 0 aromatic heterocycles. The van der Waals surface area contributed by atoms with E-state index in [0.29, 0.717) is 13.2 Å². The van der Waals surface area contributed by atoms with Crippen LogP contribution in [0, 0.1) is 0 Å². The maximum Gasteiger partial charge on any atom is 0.335 e.